The molecule has 0 N–H and O–H groups in total. The van der Waals surface area contributed by atoms with Gasteiger partial charge in [-0.25, -0.2) is 0 Å². The van der Waals surface area contributed by atoms with Crippen LogP contribution in [0.15, 0.2) is 0 Å². The summed E-state index contributed by atoms with van der Waals surface area (Å²) in [5.41, 5.74) is 0. The summed E-state index contributed by atoms with van der Waals surface area (Å²) in [7, 11) is 1.81. The third kappa shape index (κ3) is 10.7. The van der Waals surface area contributed by atoms with E-state index in [0.29, 0.717) is 0 Å². The van der Waals surface area contributed by atoms with Crippen LogP contribution in [0.25, 0.3) is 5.32 Å². The van der Waals surface area contributed by atoms with Crippen molar-refractivity contribution in [3.63, 3.8) is 0 Å². The first-order valence-corrected chi connectivity index (χ1v) is 1.47. The van der Waals surface area contributed by atoms with Crippen molar-refractivity contribution in [2.75, 3.05) is 13.6 Å². The van der Waals surface area contributed by atoms with Crippen LogP contribution < -0.4 is 58.2 Å². The number of nitrogens with zero attached hydrogens (tertiary/aromatic N) is 1. The summed E-state index contributed by atoms with van der Waals surface area (Å²) in [4.78, 5) is 0. The van der Waals surface area contributed by atoms with Crippen LogP contribution in [0.4, 0.5) is 0 Å². The molecule has 0 aliphatic heterocycles. The molecule has 0 aromatic heterocycles. The van der Waals surface area contributed by atoms with Gasteiger partial charge >= 0.3 is 58.2 Å². The molecule has 5 heavy (non-hydrogen) atoms. The normalized spacial score (nSPS) is 6.00. The van der Waals surface area contributed by atoms with Crippen LogP contribution in [-0.4, -0.2) is 13.6 Å². The number of hydrogen-bond donors (Lipinski definition) is 0. The summed E-state index contributed by atoms with van der Waals surface area (Å²) in [5.74, 6) is 0. The van der Waals surface area contributed by atoms with Crippen molar-refractivity contribution in [3.8, 4) is 0 Å². The Morgan fingerprint density at radius 2 is 1.80 bits per heavy atom. The Morgan fingerprint density at radius 3 is 1.80 bits per heavy atom. The predicted molar refractivity (Wildman–Crippen MR) is 19.8 cm³/mol. The van der Waals surface area contributed by atoms with Gasteiger partial charge in [0.1, 0.15) is 0 Å². The number of hydrogen-bond acceptors (Lipinski definition) is 0. The largest absolute Gasteiger partial charge is 1.00 e. The van der Waals surface area contributed by atoms with Gasteiger partial charge in [0.2, 0.25) is 0 Å². The van der Waals surface area contributed by atoms with Crippen molar-refractivity contribution in [1.29, 1.82) is 0 Å². The molecule has 0 atom stereocenters. The summed E-state index contributed by atoms with van der Waals surface area (Å²) in [6.07, 6.45) is 0. The first-order chi connectivity index (χ1) is 1.91. The Bertz CT molecular complexity index is 8.85. The molecular formula is C3H8NRb. The van der Waals surface area contributed by atoms with Gasteiger partial charge in [-0.05, 0) is 0 Å². The van der Waals surface area contributed by atoms with E-state index in [1.807, 2.05) is 6.92 Å². The molecule has 0 aliphatic carbocycles. The topological polar surface area (TPSA) is 14.1 Å². The predicted octanol–water partition coefficient (Wildman–Crippen LogP) is -1.99. The van der Waals surface area contributed by atoms with Crippen LogP contribution in [0.3, 0.4) is 0 Å². The van der Waals surface area contributed by atoms with Crippen molar-refractivity contribution in [3.05, 3.63) is 5.32 Å². The van der Waals surface area contributed by atoms with Crippen molar-refractivity contribution >= 4 is 0 Å². The Balaban J connectivity index is 0. The van der Waals surface area contributed by atoms with Crippen LogP contribution in [0.5, 0.6) is 0 Å². The zero-order valence-electron chi connectivity index (χ0n) is 4.15. The molecule has 0 unspecified atom stereocenters. The van der Waals surface area contributed by atoms with E-state index in [4.69, 9.17) is 0 Å². The van der Waals surface area contributed by atoms with Gasteiger partial charge < -0.3 is 5.32 Å². The van der Waals surface area contributed by atoms with E-state index >= 15 is 0 Å². The molecule has 0 saturated heterocycles. The van der Waals surface area contributed by atoms with Gasteiger partial charge in [0.25, 0.3) is 0 Å². The van der Waals surface area contributed by atoms with Gasteiger partial charge in [0.05, 0.1) is 0 Å². The zero-order valence-corrected chi connectivity index (χ0v) is 9.07. The second kappa shape index (κ2) is 9.23. The second-order valence-electron chi connectivity index (χ2n) is 0.632. The summed E-state index contributed by atoms with van der Waals surface area (Å²) < 4.78 is 0. The SMILES string of the molecule is CC[N-]C.[Rb+]. The van der Waals surface area contributed by atoms with Crippen molar-refractivity contribution in [1.82, 2.24) is 0 Å². The van der Waals surface area contributed by atoms with Gasteiger partial charge in [-0.2, -0.15) is 13.6 Å². The first-order valence-electron chi connectivity index (χ1n) is 1.47. The van der Waals surface area contributed by atoms with E-state index < -0.39 is 0 Å². The summed E-state index contributed by atoms with van der Waals surface area (Å²) in [6, 6.07) is 0. The standard InChI is InChI=1S/C3H8N.Rb/c1-3-4-2;/h3H2,1-2H3;/q-1;+1. The molecule has 0 radical (unpaired) electrons. The third-order valence-electron chi connectivity index (χ3n) is 0.316. The average Bonchev–Trinajstić information content (AvgIpc) is 1.37. The molecule has 0 aromatic rings. The van der Waals surface area contributed by atoms with Gasteiger partial charge in [0.15, 0.2) is 0 Å². The molecule has 1 nitrogen and oxygen atoms in total. The van der Waals surface area contributed by atoms with Crippen LogP contribution in [0.1, 0.15) is 6.92 Å². The van der Waals surface area contributed by atoms with Crippen molar-refractivity contribution in [2.45, 2.75) is 6.92 Å². The molecule has 0 bridgehead atoms. The smallest absolute Gasteiger partial charge is 0.665 e. The van der Waals surface area contributed by atoms with E-state index in [0.717, 1.165) is 6.54 Å². The molecule has 26 valence electrons. The molecule has 0 spiro atoms. The maximum Gasteiger partial charge on any atom is 1.00 e. The molecular weight excluding hydrogens is 136 g/mol. The van der Waals surface area contributed by atoms with E-state index in [9.17, 15) is 0 Å². The molecule has 0 saturated carbocycles. The summed E-state index contributed by atoms with van der Waals surface area (Å²) in [5, 5.41) is 3.74. The summed E-state index contributed by atoms with van der Waals surface area (Å²) >= 11 is 0. The van der Waals surface area contributed by atoms with E-state index in [1.165, 1.54) is 0 Å². The Labute approximate surface area is 82.3 Å². The van der Waals surface area contributed by atoms with Gasteiger partial charge in [-0.1, -0.05) is 6.92 Å². The molecule has 0 amide bonds. The second-order valence-corrected chi connectivity index (χ2v) is 0.632. The van der Waals surface area contributed by atoms with Gasteiger partial charge in [0, 0.05) is 0 Å². The molecule has 0 fully saturated rings. The van der Waals surface area contributed by atoms with Crippen LogP contribution in [-0.2, 0) is 0 Å². The molecule has 0 aromatic carbocycles. The summed E-state index contributed by atoms with van der Waals surface area (Å²) in [6.45, 7) is 2.96. The zero-order chi connectivity index (χ0) is 3.41. The maximum absolute atomic E-state index is 3.74. The Kier molecular flexibility index (Phi) is 18.3. The van der Waals surface area contributed by atoms with E-state index in [2.05, 4.69) is 5.32 Å². The molecule has 0 rings (SSSR count). The Morgan fingerprint density at radius 1 is 1.60 bits per heavy atom. The average molecular weight is 144 g/mol. The fraction of sp³-hybridized carbons (Fsp3) is 1.00. The van der Waals surface area contributed by atoms with Crippen LogP contribution in [0.2, 0.25) is 0 Å². The minimum absolute atomic E-state index is 0. The Hall–Kier alpha value is 1.77. The quantitative estimate of drug-likeness (QED) is 0.404. The number of rotatable bonds is 1. The minimum Gasteiger partial charge on any atom is -0.665 e. The third-order valence-corrected chi connectivity index (χ3v) is 0.316. The van der Waals surface area contributed by atoms with Crippen molar-refractivity contribution < 1.29 is 58.2 Å². The van der Waals surface area contributed by atoms with Crippen molar-refractivity contribution in [2.24, 2.45) is 0 Å². The maximum atomic E-state index is 3.74. The van der Waals surface area contributed by atoms with E-state index in [-0.39, 0.29) is 58.2 Å². The monoisotopic (exact) mass is 143 g/mol. The molecule has 0 aliphatic rings. The molecule has 0 heterocycles. The molecule has 2 heteroatoms. The fourth-order valence-corrected chi connectivity index (χ4v) is 0. The van der Waals surface area contributed by atoms with Crippen LogP contribution >= 0.6 is 0 Å². The van der Waals surface area contributed by atoms with Gasteiger partial charge in [-0.3, -0.25) is 0 Å². The van der Waals surface area contributed by atoms with Crippen LogP contribution in [0, 0.1) is 0 Å². The minimum atomic E-state index is 0. The van der Waals surface area contributed by atoms with Gasteiger partial charge in [-0.15, -0.1) is 0 Å². The first kappa shape index (κ1) is 9.90. The van der Waals surface area contributed by atoms with E-state index in [1.54, 1.807) is 7.05 Å². The fourth-order valence-electron chi connectivity index (χ4n) is 0.